The van der Waals surface area contributed by atoms with Crippen molar-refractivity contribution < 1.29 is 4.74 Å². The van der Waals surface area contributed by atoms with Gasteiger partial charge in [-0.05, 0) is 20.3 Å². The number of hydrogen-bond donors (Lipinski definition) is 0. The van der Waals surface area contributed by atoms with Crippen molar-refractivity contribution in [1.29, 1.82) is 5.26 Å². The summed E-state index contributed by atoms with van der Waals surface area (Å²) >= 11 is 0. The molecule has 0 saturated carbocycles. The Morgan fingerprint density at radius 3 is 2.09 bits per heavy atom. The molecule has 0 aromatic heterocycles. The van der Waals surface area contributed by atoms with Crippen LogP contribution in [0.5, 0.6) is 0 Å². The van der Waals surface area contributed by atoms with Crippen molar-refractivity contribution in [2.75, 3.05) is 6.61 Å². The first-order chi connectivity index (χ1) is 5.12. The van der Waals surface area contributed by atoms with Crippen molar-refractivity contribution in [2.24, 2.45) is 0 Å². The minimum atomic E-state index is -0.601. The van der Waals surface area contributed by atoms with Gasteiger partial charge in [0.05, 0.1) is 6.07 Å². The van der Waals surface area contributed by atoms with Crippen LogP contribution in [0.1, 0.15) is 41.0 Å². The summed E-state index contributed by atoms with van der Waals surface area (Å²) in [5.41, 5.74) is -0.601. The maximum absolute atomic E-state index is 8.45. The van der Waals surface area contributed by atoms with Crippen LogP contribution in [0.3, 0.4) is 0 Å². The minimum Gasteiger partial charge on any atom is -0.361 e. The molecule has 0 N–H and O–H groups in total. The fraction of sp³-hybridized carbons (Fsp3) is 0.889. The molecule has 0 amide bonds. The Balaban J connectivity index is 0. The third-order valence-corrected chi connectivity index (χ3v) is 0.936. The van der Waals surface area contributed by atoms with Gasteiger partial charge in [-0.1, -0.05) is 20.8 Å². The van der Waals surface area contributed by atoms with Crippen LogP contribution < -0.4 is 0 Å². The zero-order chi connectivity index (χ0) is 9.33. The van der Waals surface area contributed by atoms with Gasteiger partial charge in [0.2, 0.25) is 0 Å². The Bertz CT molecular complexity index is 113. The van der Waals surface area contributed by atoms with Crippen LogP contribution in [0.25, 0.3) is 0 Å². The van der Waals surface area contributed by atoms with E-state index in [1.54, 1.807) is 13.8 Å². The normalized spacial score (nSPS) is 9.45. The highest BCUT2D eigenvalue weighted by Crippen LogP contribution is 2.06. The van der Waals surface area contributed by atoms with Gasteiger partial charge in [-0.3, -0.25) is 0 Å². The van der Waals surface area contributed by atoms with Crippen LogP contribution in [-0.4, -0.2) is 12.2 Å². The number of ether oxygens (including phenoxy) is 1. The molecule has 0 heterocycles. The summed E-state index contributed by atoms with van der Waals surface area (Å²) < 4.78 is 5.17. The average Bonchev–Trinajstić information content (AvgIpc) is 2.05. The van der Waals surface area contributed by atoms with E-state index in [4.69, 9.17) is 10.00 Å². The van der Waals surface area contributed by atoms with Crippen LogP contribution >= 0.6 is 0 Å². The summed E-state index contributed by atoms with van der Waals surface area (Å²) in [6.07, 6.45) is 0.963. The quantitative estimate of drug-likeness (QED) is 0.631. The highest BCUT2D eigenvalue weighted by Gasteiger charge is 2.14. The second-order valence-electron chi connectivity index (χ2n) is 2.47. The number of hydrogen-bond acceptors (Lipinski definition) is 2. The third kappa shape index (κ3) is 9.45. The van der Waals surface area contributed by atoms with Crippen LogP contribution in [-0.2, 0) is 4.74 Å². The van der Waals surface area contributed by atoms with Gasteiger partial charge in [0.15, 0.2) is 0 Å². The lowest BCUT2D eigenvalue weighted by molar-refractivity contribution is 0.0259. The highest BCUT2D eigenvalue weighted by molar-refractivity contribution is 4.93. The van der Waals surface area contributed by atoms with Gasteiger partial charge in [-0.2, -0.15) is 5.26 Å². The van der Waals surface area contributed by atoms with Crippen LogP contribution in [0, 0.1) is 11.3 Å². The molecule has 0 aliphatic carbocycles. The van der Waals surface area contributed by atoms with Gasteiger partial charge >= 0.3 is 0 Å². The monoisotopic (exact) mass is 157 g/mol. The van der Waals surface area contributed by atoms with Gasteiger partial charge in [0, 0.05) is 6.61 Å². The SMILES string of the molecule is CC.CCCOC(C)(C)C#N. The molecule has 0 unspecified atom stereocenters. The lowest BCUT2D eigenvalue weighted by Crippen LogP contribution is -2.21. The zero-order valence-corrected chi connectivity index (χ0v) is 8.27. The molecule has 0 saturated heterocycles. The van der Waals surface area contributed by atoms with Crippen molar-refractivity contribution in [3.63, 3.8) is 0 Å². The molecule has 0 atom stereocenters. The summed E-state index contributed by atoms with van der Waals surface area (Å²) in [7, 11) is 0. The molecule has 0 spiro atoms. The summed E-state index contributed by atoms with van der Waals surface area (Å²) in [5.74, 6) is 0. The van der Waals surface area contributed by atoms with Crippen molar-refractivity contribution in [1.82, 2.24) is 0 Å². The number of nitrogens with zero attached hydrogens (tertiary/aromatic N) is 1. The second-order valence-corrected chi connectivity index (χ2v) is 2.47. The Morgan fingerprint density at radius 2 is 1.82 bits per heavy atom. The topological polar surface area (TPSA) is 33.0 Å². The largest absolute Gasteiger partial charge is 0.361 e. The lowest BCUT2D eigenvalue weighted by atomic mass is 10.2. The van der Waals surface area contributed by atoms with E-state index < -0.39 is 5.60 Å². The Kier molecular flexibility index (Phi) is 8.98. The van der Waals surface area contributed by atoms with Gasteiger partial charge < -0.3 is 4.74 Å². The van der Waals surface area contributed by atoms with Crippen molar-refractivity contribution >= 4 is 0 Å². The minimum absolute atomic E-state index is 0.601. The van der Waals surface area contributed by atoms with Crippen LogP contribution in [0.4, 0.5) is 0 Å². The van der Waals surface area contributed by atoms with Gasteiger partial charge in [-0.15, -0.1) is 0 Å². The summed E-state index contributed by atoms with van der Waals surface area (Å²) in [6.45, 7) is 10.2. The predicted molar refractivity (Wildman–Crippen MR) is 47.3 cm³/mol. The predicted octanol–water partition coefficient (Wildman–Crippen LogP) is 2.74. The van der Waals surface area contributed by atoms with Gasteiger partial charge in [0.1, 0.15) is 5.60 Å². The number of nitriles is 1. The second kappa shape index (κ2) is 7.56. The van der Waals surface area contributed by atoms with E-state index in [-0.39, 0.29) is 0 Å². The average molecular weight is 157 g/mol. The smallest absolute Gasteiger partial charge is 0.148 e. The summed E-state index contributed by atoms with van der Waals surface area (Å²) in [5, 5.41) is 8.45. The van der Waals surface area contributed by atoms with Crippen LogP contribution in [0.2, 0.25) is 0 Å². The molecular weight excluding hydrogens is 138 g/mol. The molecule has 66 valence electrons. The zero-order valence-electron chi connectivity index (χ0n) is 8.27. The van der Waals surface area contributed by atoms with Crippen molar-refractivity contribution in [2.45, 2.75) is 46.6 Å². The first-order valence-corrected chi connectivity index (χ1v) is 4.17. The molecule has 11 heavy (non-hydrogen) atoms. The Morgan fingerprint density at radius 1 is 1.36 bits per heavy atom. The van der Waals surface area contributed by atoms with E-state index in [9.17, 15) is 0 Å². The molecule has 0 aliphatic heterocycles. The van der Waals surface area contributed by atoms with E-state index in [0.717, 1.165) is 6.42 Å². The van der Waals surface area contributed by atoms with E-state index in [1.807, 2.05) is 20.8 Å². The van der Waals surface area contributed by atoms with E-state index in [0.29, 0.717) is 6.61 Å². The summed E-state index contributed by atoms with van der Waals surface area (Å²) in [6, 6.07) is 2.05. The molecule has 0 aromatic carbocycles. The van der Waals surface area contributed by atoms with E-state index in [1.165, 1.54) is 0 Å². The fourth-order valence-corrected chi connectivity index (χ4v) is 0.389. The van der Waals surface area contributed by atoms with Gasteiger partial charge in [-0.25, -0.2) is 0 Å². The fourth-order valence-electron chi connectivity index (χ4n) is 0.389. The molecule has 0 aromatic rings. The molecule has 0 fully saturated rings. The van der Waals surface area contributed by atoms with Crippen molar-refractivity contribution in [3.05, 3.63) is 0 Å². The highest BCUT2D eigenvalue weighted by atomic mass is 16.5. The maximum Gasteiger partial charge on any atom is 0.148 e. The third-order valence-electron chi connectivity index (χ3n) is 0.936. The van der Waals surface area contributed by atoms with Gasteiger partial charge in [0.25, 0.3) is 0 Å². The molecule has 2 nitrogen and oxygen atoms in total. The Hall–Kier alpha value is -0.550. The molecule has 2 heteroatoms. The number of rotatable bonds is 3. The Labute approximate surface area is 70.2 Å². The lowest BCUT2D eigenvalue weighted by Gasteiger charge is -2.14. The van der Waals surface area contributed by atoms with E-state index in [2.05, 4.69) is 6.07 Å². The van der Waals surface area contributed by atoms with E-state index >= 15 is 0 Å². The molecule has 0 aliphatic rings. The van der Waals surface area contributed by atoms with Crippen molar-refractivity contribution in [3.8, 4) is 6.07 Å². The first kappa shape index (κ1) is 13.1. The maximum atomic E-state index is 8.45. The molecule has 0 bridgehead atoms. The molecule has 0 radical (unpaired) electrons. The molecular formula is C9H19NO. The van der Waals surface area contributed by atoms with Crippen LogP contribution in [0.15, 0.2) is 0 Å². The standard InChI is InChI=1S/C7H13NO.C2H6/c1-4-5-9-7(2,3)6-8;1-2/h4-5H2,1-3H3;1-2H3. The summed E-state index contributed by atoms with van der Waals surface area (Å²) in [4.78, 5) is 0. The molecule has 0 rings (SSSR count). The first-order valence-electron chi connectivity index (χ1n) is 4.17.